The van der Waals surface area contributed by atoms with Gasteiger partial charge in [0, 0.05) is 7.05 Å². The van der Waals surface area contributed by atoms with E-state index in [0.717, 1.165) is 23.8 Å². The summed E-state index contributed by atoms with van der Waals surface area (Å²) >= 11 is 0. The molecule has 2 aromatic rings. The van der Waals surface area contributed by atoms with Crippen molar-refractivity contribution in [3.63, 3.8) is 0 Å². The van der Waals surface area contributed by atoms with Crippen molar-refractivity contribution in [3.05, 3.63) is 65.2 Å². The first-order chi connectivity index (χ1) is 10.4. The SMILES string of the molecule is COc1ccc(C(C)N(C)C(=O)c2cc(F)ccc2F)cc1. The zero-order valence-corrected chi connectivity index (χ0v) is 12.6. The summed E-state index contributed by atoms with van der Waals surface area (Å²) in [6.07, 6.45) is 0. The van der Waals surface area contributed by atoms with Crippen LogP contribution in [0.4, 0.5) is 8.78 Å². The largest absolute Gasteiger partial charge is 0.497 e. The lowest BCUT2D eigenvalue weighted by Gasteiger charge is -2.25. The smallest absolute Gasteiger partial charge is 0.257 e. The molecule has 0 heterocycles. The lowest BCUT2D eigenvalue weighted by Crippen LogP contribution is -2.30. The van der Waals surface area contributed by atoms with Gasteiger partial charge in [-0.05, 0) is 42.8 Å². The summed E-state index contributed by atoms with van der Waals surface area (Å²) in [7, 11) is 3.13. The van der Waals surface area contributed by atoms with Crippen molar-refractivity contribution in [1.29, 1.82) is 0 Å². The van der Waals surface area contributed by atoms with E-state index in [9.17, 15) is 13.6 Å². The standard InChI is InChI=1S/C17H17F2NO2/c1-11(12-4-7-14(22-3)8-5-12)20(2)17(21)15-10-13(18)6-9-16(15)19/h4-11H,1-3H3. The quantitative estimate of drug-likeness (QED) is 0.859. The molecule has 0 saturated heterocycles. The van der Waals surface area contributed by atoms with E-state index >= 15 is 0 Å². The molecule has 0 aliphatic heterocycles. The molecule has 0 aliphatic rings. The van der Waals surface area contributed by atoms with E-state index in [0.29, 0.717) is 5.75 Å². The van der Waals surface area contributed by atoms with Crippen LogP contribution in [0.25, 0.3) is 0 Å². The zero-order chi connectivity index (χ0) is 16.3. The van der Waals surface area contributed by atoms with E-state index in [2.05, 4.69) is 0 Å². The van der Waals surface area contributed by atoms with Gasteiger partial charge in [-0.25, -0.2) is 8.78 Å². The average Bonchev–Trinajstić information content (AvgIpc) is 2.55. The lowest BCUT2D eigenvalue weighted by molar-refractivity contribution is 0.0737. The van der Waals surface area contributed by atoms with E-state index in [-0.39, 0.29) is 11.6 Å². The summed E-state index contributed by atoms with van der Waals surface area (Å²) in [5, 5.41) is 0. The highest BCUT2D eigenvalue weighted by Crippen LogP contribution is 2.24. The van der Waals surface area contributed by atoms with Crippen molar-refractivity contribution in [2.45, 2.75) is 13.0 Å². The Bertz CT molecular complexity index is 671. The molecule has 0 fully saturated rings. The fourth-order valence-corrected chi connectivity index (χ4v) is 2.13. The van der Waals surface area contributed by atoms with Crippen LogP contribution in [0, 0.1) is 11.6 Å². The Kier molecular flexibility index (Phi) is 4.75. The van der Waals surface area contributed by atoms with Crippen molar-refractivity contribution >= 4 is 5.91 Å². The minimum Gasteiger partial charge on any atom is -0.497 e. The fraction of sp³-hybridized carbons (Fsp3) is 0.235. The summed E-state index contributed by atoms with van der Waals surface area (Å²) < 4.78 is 32.0. The topological polar surface area (TPSA) is 29.5 Å². The third-order valence-corrected chi connectivity index (χ3v) is 3.66. The Balaban J connectivity index is 2.23. The minimum atomic E-state index is -0.736. The summed E-state index contributed by atoms with van der Waals surface area (Å²) in [6, 6.07) is 9.79. The van der Waals surface area contributed by atoms with E-state index in [1.165, 1.54) is 4.90 Å². The van der Waals surface area contributed by atoms with Crippen molar-refractivity contribution < 1.29 is 18.3 Å². The maximum absolute atomic E-state index is 13.7. The zero-order valence-electron chi connectivity index (χ0n) is 12.6. The predicted octanol–water partition coefficient (Wildman–Crippen LogP) is 3.81. The van der Waals surface area contributed by atoms with Crippen molar-refractivity contribution in [1.82, 2.24) is 4.90 Å². The number of nitrogens with zero attached hydrogens (tertiary/aromatic N) is 1. The molecule has 22 heavy (non-hydrogen) atoms. The molecule has 1 amide bonds. The lowest BCUT2D eigenvalue weighted by atomic mass is 10.1. The second kappa shape index (κ2) is 6.56. The number of halogens is 2. The number of carbonyl (C=O) groups excluding carboxylic acids is 1. The Labute approximate surface area is 128 Å². The number of methoxy groups -OCH3 is 1. The molecular formula is C17H17F2NO2. The van der Waals surface area contributed by atoms with Gasteiger partial charge in [-0.15, -0.1) is 0 Å². The van der Waals surface area contributed by atoms with E-state index < -0.39 is 17.5 Å². The first kappa shape index (κ1) is 15.9. The van der Waals surface area contributed by atoms with Crippen LogP contribution in [0.3, 0.4) is 0 Å². The van der Waals surface area contributed by atoms with Crippen LogP contribution >= 0.6 is 0 Å². The predicted molar refractivity (Wildman–Crippen MR) is 79.9 cm³/mol. The van der Waals surface area contributed by atoms with Gasteiger partial charge in [0.25, 0.3) is 5.91 Å². The first-order valence-corrected chi connectivity index (χ1v) is 6.80. The Morgan fingerprint density at radius 1 is 1.14 bits per heavy atom. The number of carbonyl (C=O) groups is 1. The van der Waals surface area contributed by atoms with Gasteiger partial charge in [-0.2, -0.15) is 0 Å². The summed E-state index contributed by atoms with van der Waals surface area (Å²) in [5.41, 5.74) is 0.594. The van der Waals surface area contributed by atoms with Crippen molar-refractivity contribution in [3.8, 4) is 5.75 Å². The summed E-state index contributed by atoms with van der Waals surface area (Å²) in [6.45, 7) is 1.82. The van der Waals surface area contributed by atoms with E-state index in [1.807, 2.05) is 19.1 Å². The van der Waals surface area contributed by atoms with Crippen molar-refractivity contribution in [2.75, 3.05) is 14.2 Å². The van der Waals surface area contributed by atoms with E-state index in [1.54, 1.807) is 26.3 Å². The number of hydrogen-bond acceptors (Lipinski definition) is 2. The van der Waals surface area contributed by atoms with Crippen molar-refractivity contribution in [2.24, 2.45) is 0 Å². The molecule has 0 radical (unpaired) electrons. The molecule has 5 heteroatoms. The molecule has 2 aromatic carbocycles. The summed E-state index contributed by atoms with van der Waals surface area (Å²) in [4.78, 5) is 13.7. The summed E-state index contributed by atoms with van der Waals surface area (Å²) in [5.74, 6) is -1.24. The number of rotatable bonds is 4. The highest BCUT2D eigenvalue weighted by Gasteiger charge is 2.22. The molecule has 0 aliphatic carbocycles. The van der Waals surface area contributed by atoms with Gasteiger partial charge in [-0.3, -0.25) is 4.79 Å². The Morgan fingerprint density at radius 3 is 2.36 bits per heavy atom. The molecule has 0 N–H and O–H groups in total. The molecule has 0 aromatic heterocycles. The van der Waals surface area contributed by atoms with Crippen LogP contribution in [-0.2, 0) is 0 Å². The van der Waals surface area contributed by atoms with Gasteiger partial charge in [0.1, 0.15) is 17.4 Å². The maximum atomic E-state index is 13.7. The number of benzene rings is 2. The van der Waals surface area contributed by atoms with Gasteiger partial charge < -0.3 is 9.64 Å². The van der Waals surface area contributed by atoms with Gasteiger partial charge in [0.05, 0.1) is 18.7 Å². The Morgan fingerprint density at radius 2 is 1.77 bits per heavy atom. The highest BCUT2D eigenvalue weighted by molar-refractivity contribution is 5.94. The molecule has 3 nitrogen and oxygen atoms in total. The monoisotopic (exact) mass is 305 g/mol. The van der Waals surface area contributed by atoms with Crippen LogP contribution in [0.15, 0.2) is 42.5 Å². The Hall–Kier alpha value is -2.43. The van der Waals surface area contributed by atoms with Crippen LogP contribution < -0.4 is 4.74 Å². The fourth-order valence-electron chi connectivity index (χ4n) is 2.13. The molecule has 0 saturated carbocycles. The average molecular weight is 305 g/mol. The highest BCUT2D eigenvalue weighted by atomic mass is 19.1. The number of ether oxygens (including phenoxy) is 1. The number of amides is 1. The third kappa shape index (κ3) is 3.24. The molecule has 1 atom stereocenters. The van der Waals surface area contributed by atoms with Crippen LogP contribution in [0.2, 0.25) is 0 Å². The third-order valence-electron chi connectivity index (χ3n) is 3.66. The molecular weight excluding hydrogens is 288 g/mol. The van der Waals surface area contributed by atoms with Crippen LogP contribution in [-0.4, -0.2) is 25.0 Å². The molecule has 1 unspecified atom stereocenters. The minimum absolute atomic E-state index is 0.275. The molecule has 0 bridgehead atoms. The second-order valence-electron chi connectivity index (χ2n) is 4.99. The first-order valence-electron chi connectivity index (χ1n) is 6.80. The molecule has 2 rings (SSSR count). The second-order valence-corrected chi connectivity index (χ2v) is 4.99. The van der Waals surface area contributed by atoms with Gasteiger partial charge >= 0.3 is 0 Å². The maximum Gasteiger partial charge on any atom is 0.257 e. The molecule has 0 spiro atoms. The van der Waals surface area contributed by atoms with Crippen LogP contribution in [0.5, 0.6) is 5.75 Å². The van der Waals surface area contributed by atoms with E-state index in [4.69, 9.17) is 4.74 Å². The number of hydrogen-bond donors (Lipinski definition) is 0. The van der Waals surface area contributed by atoms with Crippen LogP contribution in [0.1, 0.15) is 28.9 Å². The normalized spacial score (nSPS) is 11.9. The van der Waals surface area contributed by atoms with Gasteiger partial charge in [0.2, 0.25) is 0 Å². The van der Waals surface area contributed by atoms with Gasteiger partial charge in [0.15, 0.2) is 0 Å². The van der Waals surface area contributed by atoms with Gasteiger partial charge in [-0.1, -0.05) is 12.1 Å². The molecule has 116 valence electrons.